The number of nitrogens with one attached hydrogen (secondary N) is 1. The molecule has 0 spiro atoms. The van der Waals surface area contributed by atoms with Crippen LogP contribution in [0.5, 0.6) is 11.6 Å². The van der Waals surface area contributed by atoms with Gasteiger partial charge in [0, 0.05) is 17.6 Å². The highest BCUT2D eigenvalue weighted by molar-refractivity contribution is 5.88. The van der Waals surface area contributed by atoms with Gasteiger partial charge in [-0.2, -0.15) is 15.2 Å². The Morgan fingerprint density at radius 2 is 2.06 bits per heavy atom. The van der Waals surface area contributed by atoms with Gasteiger partial charge >= 0.3 is 0 Å². The van der Waals surface area contributed by atoms with Gasteiger partial charge in [-0.1, -0.05) is 18.2 Å². The van der Waals surface area contributed by atoms with Crippen molar-refractivity contribution in [1.82, 2.24) is 14.5 Å². The molecule has 1 aliphatic heterocycles. The number of hydrogen-bond acceptors (Lipinski definition) is 6. The Hall–Kier alpha value is -4.05. The number of nitriles is 1. The average Bonchev–Trinajstić information content (AvgIpc) is 3.13. The number of aromatic hydroxyl groups is 1. The molecule has 0 fully saturated rings. The summed E-state index contributed by atoms with van der Waals surface area (Å²) in [6.07, 6.45) is 1.75. The zero-order valence-corrected chi connectivity index (χ0v) is 17.1. The number of anilines is 1. The zero-order chi connectivity index (χ0) is 21.4. The maximum Gasteiger partial charge on any atom is 0.239 e. The minimum atomic E-state index is 0.232. The van der Waals surface area contributed by atoms with Crippen LogP contribution in [-0.4, -0.2) is 26.2 Å². The van der Waals surface area contributed by atoms with Crippen LogP contribution in [0.4, 0.5) is 5.82 Å². The number of phenolic OH excluding ortho intramolecular Hbond substituents is 1. The molecule has 2 N–H and O–H groups in total. The monoisotopic (exact) mass is 411 g/mol. The van der Waals surface area contributed by atoms with E-state index in [1.165, 1.54) is 0 Å². The number of nitrogens with zero attached hydrogens (tertiary/aromatic N) is 4. The van der Waals surface area contributed by atoms with Gasteiger partial charge in [-0.25, -0.2) is 0 Å². The molecule has 3 heterocycles. The summed E-state index contributed by atoms with van der Waals surface area (Å²) in [7, 11) is 0. The van der Waals surface area contributed by atoms with E-state index in [0.29, 0.717) is 30.5 Å². The molecular weight excluding hydrogens is 390 g/mol. The first-order chi connectivity index (χ1) is 15.1. The average molecular weight is 411 g/mol. The van der Waals surface area contributed by atoms with Crippen molar-refractivity contribution < 1.29 is 9.84 Å². The summed E-state index contributed by atoms with van der Waals surface area (Å²) in [5.41, 5.74) is 4.35. The van der Waals surface area contributed by atoms with Crippen LogP contribution >= 0.6 is 0 Å². The second-order valence-electron chi connectivity index (χ2n) is 7.60. The molecule has 31 heavy (non-hydrogen) atoms. The highest BCUT2D eigenvalue weighted by Crippen LogP contribution is 2.32. The van der Waals surface area contributed by atoms with Crippen LogP contribution in [0.25, 0.3) is 16.9 Å². The van der Waals surface area contributed by atoms with E-state index in [4.69, 9.17) is 14.7 Å². The minimum absolute atomic E-state index is 0.232. The minimum Gasteiger partial charge on any atom is -0.508 e. The third kappa shape index (κ3) is 3.42. The molecule has 0 aliphatic carbocycles. The molecule has 0 atom stereocenters. The van der Waals surface area contributed by atoms with Crippen LogP contribution in [-0.2, 0) is 13.0 Å². The molecule has 5 rings (SSSR count). The summed E-state index contributed by atoms with van der Waals surface area (Å²) in [4.78, 5) is 9.57. The molecule has 2 aromatic carbocycles. The van der Waals surface area contributed by atoms with E-state index in [-0.39, 0.29) is 5.75 Å². The predicted octanol–water partition coefficient (Wildman–Crippen LogP) is 4.24. The molecule has 2 aromatic heterocycles. The fourth-order valence-corrected chi connectivity index (χ4v) is 4.04. The van der Waals surface area contributed by atoms with E-state index in [1.54, 1.807) is 12.1 Å². The number of phenols is 1. The second kappa shape index (κ2) is 7.65. The van der Waals surface area contributed by atoms with Crippen molar-refractivity contribution >= 4 is 16.7 Å². The standard InChI is InChI=1S/C24H21N5O2/c1-15-11-20-17(13-25)6-3-9-21(20)29(15)24-27-22(19-8-4-10-31-23(19)28-24)26-14-16-5-2-7-18(30)12-16/h2-3,5-7,9,11-12,30H,4,8,10,14H2,1H3,(H,26,27,28). The third-order valence-corrected chi connectivity index (χ3v) is 5.49. The number of aryl methyl sites for hydroxylation is 1. The maximum atomic E-state index is 9.75. The normalized spacial score (nSPS) is 12.8. The maximum absolute atomic E-state index is 9.75. The Bertz CT molecular complexity index is 1340. The summed E-state index contributed by atoms with van der Waals surface area (Å²) in [6, 6.07) is 17.0. The molecule has 7 heteroatoms. The summed E-state index contributed by atoms with van der Waals surface area (Å²) in [5, 5.41) is 23.5. The van der Waals surface area contributed by atoms with E-state index >= 15 is 0 Å². The lowest BCUT2D eigenvalue weighted by Gasteiger charge is -2.21. The fraction of sp³-hybridized carbons (Fsp3) is 0.208. The van der Waals surface area contributed by atoms with E-state index < -0.39 is 0 Å². The Labute approximate surface area is 179 Å². The number of ether oxygens (including phenoxy) is 1. The van der Waals surface area contributed by atoms with Gasteiger partial charge in [-0.05, 0) is 55.7 Å². The van der Waals surface area contributed by atoms with Gasteiger partial charge in [0.1, 0.15) is 11.6 Å². The van der Waals surface area contributed by atoms with Crippen LogP contribution in [0.2, 0.25) is 0 Å². The number of hydrogen-bond donors (Lipinski definition) is 2. The Kier molecular flexibility index (Phi) is 4.68. The largest absolute Gasteiger partial charge is 0.508 e. The van der Waals surface area contributed by atoms with Crippen LogP contribution in [0.15, 0.2) is 48.5 Å². The lowest BCUT2D eigenvalue weighted by molar-refractivity contribution is 0.275. The van der Waals surface area contributed by atoms with Gasteiger partial charge in [-0.3, -0.25) is 4.57 Å². The summed E-state index contributed by atoms with van der Waals surface area (Å²) in [5.74, 6) is 2.05. The van der Waals surface area contributed by atoms with Gasteiger partial charge in [0.25, 0.3) is 0 Å². The Balaban J connectivity index is 1.61. The summed E-state index contributed by atoms with van der Waals surface area (Å²) >= 11 is 0. The number of aromatic nitrogens is 3. The van der Waals surface area contributed by atoms with Gasteiger partial charge in [-0.15, -0.1) is 0 Å². The molecular formula is C24H21N5O2. The van der Waals surface area contributed by atoms with E-state index in [9.17, 15) is 10.4 Å². The van der Waals surface area contributed by atoms with E-state index in [0.717, 1.165) is 46.4 Å². The SMILES string of the molecule is Cc1cc2c(C#N)cccc2n1-c1nc(NCc2cccc(O)c2)c2c(n1)OCCC2. The van der Waals surface area contributed by atoms with E-state index in [2.05, 4.69) is 11.4 Å². The first-order valence-corrected chi connectivity index (χ1v) is 10.2. The molecule has 0 bridgehead atoms. The van der Waals surface area contributed by atoms with Crippen molar-refractivity contribution in [3.63, 3.8) is 0 Å². The zero-order valence-electron chi connectivity index (χ0n) is 17.1. The van der Waals surface area contributed by atoms with Crippen molar-refractivity contribution in [2.45, 2.75) is 26.3 Å². The number of fused-ring (bicyclic) bond motifs is 2. The smallest absolute Gasteiger partial charge is 0.239 e. The van der Waals surface area contributed by atoms with Crippen LogP contribution in [0.1, 0.15) is 28.8 Å². The molecule has 0 unspecified atom stereocenters. The first-order valence-electron chi connectivity index (χ1n) is 10.2. The number of rotatable bonds is 4. The van der Waals surface area contributed by atoms with Crippen LogP contribution in [0.3, 0.4) is 0 Å². The highest BCUT2D eigenvalue weighted by atomic mass is 16.5. The van der Waals surface area contributed by atoms with Crippen molar-refractivity contribution in [2.24, 2.45) is 0 Å². The molecule has 4 aromatic rings. The van der Waals surface area contributed by atoms with Crippen LogP contribution < -0.4 is 10.1 Å². The summed E-state index contributed by atoms with van der Waals surface area (Å²) < 4.78 is 7.83. The molecule has 7 nitrogen and oxygen atoms in total. The van der Waals surface area contributed by atoms with Gasteiger partial charge in [0.05, 0.1) is 29.3 Å². The molecule has 154 valence electrons. The summed E-state index contributed by atoms with van der Waals surface area (Å²) in [6.45, 7) is 3.12. The number of benzene rings is 2. The molecule has 1 aliphatic rings. The van der Waals surface area contributed by atoms with Crippen molar-refractivity contribution in [1.29, 1.82) is 5.26 Å². The van der Waals surface area contributed by atoms with Crippen molar-refractivity contribution in [3.8, 4) is 23.6 Å². The first kappa shape index (κ1) is 18.9. The van der Waals surface area contributed by atoms with Crippen LogP contribution in [0, 0.1) is 18.3 Å². The molecule has 0 saturated carbocycles. The predicted molar refractivity (Wildman–Crippen MR) is 118 cm³/mol. The van der Waals surface area contributed by atoms with Crippen molar-refractivity contribution in [2.75, 3.05) is 11.9 Å². The fourth-order valence-electron chi connectivity index (χ4n) is 4.04. The van der Waals surface area contributed by atoms with E-state index in [1.807, 2.05) is 47.9 Å². The van der Waals surface area contributed by atoms with Crippen molar-refractivity contribution in [3.05, 3.63) is 70.9 Å². The van der Waals surface area contributed by atoms with Gasteiger partial charge in [0.15, 0.2) is 0 Å². The molecule has 0 amide bonds. The quantitative estimate of drug-likeness (QED) is 0.521. The van der Waals surface area contributed by atoms with Gasteiger partial charge in [0.2, 0.25) is 11.8 Å². The molecule has 0 saturated heterocycles. The lowest BCUT2D eigenvalue weighted by Crippen LogP contribution is -2.17. The van der Waals surface area contributed by atoms with Gasteiger partial charge < -0.3 is 15.2 Å². The lowest BCUT2D eigenvalue weighted by atomic mass is 10.1. The Morgan fingerprint density at radius 3 is 2.90 bits per heavy atom. The highest BCUT2D eigenvalue weighted by Gasteiger charge is 2.22. The second-order valence-corrected chi connectivity index (χ2v) is 7.60. The molecule has 0 radical (unpaired) electrons. The Morgan fingerprint density at radius 1 is 1.19 bits per heavy atom. The topological polar surface area (TPSA) is 96.0 Å². The third-order valence-electron chi connectivity index (χ3n) is 5.49.